The number of carbonyl (C=O) groups excluding carboxylic acids is 1. The number of rotatable bonds is 4. The normalized spacial score (nSPS) is 9.75. The number of nitrogens with one attached hydrogen (secondary N) is 1. The number of amides is 1. The molecular formula is C8H12N2O2. The molecule has 0 aliphatic heterocycles. The van der Waals surface area contributed by atoms with Crippen molar-refractivity contribution in [3.63, 3.8) is 0 Å². The average Bonchev–Trinajstić information content (AvgIpc) is 2.53. The summed E-state index contributed by atoms with van der Waals surface area (Å²) in [5.41, 5.74) is 6.16. The minimum atomic E-state index is -0.0290. The Balaban J connectivity index is 2.22. The van der Waals surface area contributed by atoms with Gasteiger partial charge in [-0.2, -0.15) is 0 Å². The fourth-order valence-corrected chi connectivity index (χ4v) is 0.813. The first-order valence-electron chi connectivity index (χ1n) is 3.81. The number of hydrogen-bond acceptors (Lipinski definition) is 3. The van der Waals surface area contributed by atoms with Crippen LogP contribution in [0.2, 0.25) is 0 Å². The van der Waals surface area contributed by atoms with E-state index in [0.717, 1.165) is 5.56 Å². The molecule has 3 N–H and O–H groups in total. The lowest BCUT2D eigenvalue weighted by Crippen LogP contribution is -2.24. The first-order valence-corrected chi connectivity index (χ1v) is 3.81. The molecule has 1 heterocycles. The quantitative estimate of drug-likeness (QED) is 0.676. The third kappa shape index (κ3) is 2.75. The molecule has 0 unspecified atom stereocenters. The first kappa shape index (κ1) is 8.80. The van der Waals surface area contributed by atoms with Crippen molar-refractivity contribution >= 4 is 5.91 Å². The fraction of sp³-hybridized carbons (Fsp3) is 0.375. The maximum absolute atomic E-state index is 10.9. The molecule has 1 aromatic heterocycles. The minimum absolute atomic E-state index is 0.0290. The Morgan fingerprint density at radius 2 is 2.50 bits per heavy atom. The number of carbonyl (C=O) groups is 1. The Kier molecular flexibility index (Phi) is 3.35. The second-order valence-corrected chi connectivity index (χ2v) is 2.45. The van der Waals surface area contributed by atoms with Crippen LogP contribution in [0.5, 0.6) is 0 Å². The van der Waals surface area contributed by atoms with Gasteiger partial charge in [-0.15, -0.1) is 0 Å². The van der Waals surface area contributed by atoms with Crippen molar-refractivity contribution < 1.29 is 9.21 Å². The maximum Gasteiger partial charge on any atom is 0.221 e. The molecule has 0 bridgehead atoms. The van der Waals surface area contributed by atoms with E-state index in [9.17, 15) is 4.79 Å². The smallest absolute Gasteiger partial charge is 0.221 e. The van der Waals surface area contributed by atoms with Gasteiger partial charge in [0.2, 0.25) is 5.91 Å². The standard InChI is InChI=1S/C8H12N2O2/c9-3-1-8(11)10-5-7-2-4-12-6-7/h2,4,6H,1,3,5,9H2,(H,10,11). The Hall–Kier alpha value is -1.29. The van der Waals surface area contributed by atoms with Crippen molar-refractivity contribution in [1.82, 2.24) is 5.32 Å². The Labute approximate surface area is 70.7 Å². The Bertz CT molecular complexity index is 231. The van der Waals surface area contributed by atoms with Crippen LogP contribution in [0.3, 0.4) is 0 Å². The molecule has 1 aromatic rings. The summed E-state index contributed by atoms with van der Waals surface area (Å²) in [5, 5.41) is 2.71. The molecule has 0 radical (unpaired) electrons. The predicted octanol–water partition coefficient (Wildman–Crippen LogP) is 0.245. The molecule has 4 nitrogen and oxygen atoms in total. The molecule has 0 aliphatic carbocycles. The molecule has 4 heteroatoms. The van der Waals surface area contributed by atoms with Crippen LogP contribution in [-0.2, 0) is 11.3 Å². The Morgan fingerprint density at radius 1 is 1.67 bits per heavy atom. The number of furan rings is 1. The van der Waals surface area contributed by atoms with Gasteiger partial charge in [0, 0.05) is 25.1 Å². The second kappa shape index (κ2) is 4.56. The highest BCUT2D eigenvalue weighted by atomic mass is 16.3. The summed E-state index contributed by atoms with van der Waals surface area (Å²) in [6, 6.07) is 1.81. The lowest BCUT2D eigenvalue weighted by Gasteiger charge is -2.00. The van der Waals surface area contributed by atoms with Gasteiger partial charge in [0.1, 0.15) is 0 Å². The molecule has 0 saturated carbocycles. The molecule has 66 valence electrons. The van der Waals surface area contributed by atoms with Gasteiger partial charge in [-0.25, -0.2) is 0 Å². The van der Waals surface area contributed by atoms with E-state index in [2.05, 4.69) is 5.32 Å². The molecule has 1 amide bonds. The lowest BCUT2D eigenvalue weighted by atomic mass is 10.3. The first-order chi connectivity index (χ1) is 5.83. The van der Waals surface area contributed by atoms with Crippen molar-refractivity contribution in [3.8, 4) is 0 Å². The van der Waals surface area contributed by atoms with Crippen LogP contribution in [0.4, 0.5) is 0 Å². The summed E-state index contributed by atoms with van der Waals surface area (Å²) >= 11 is 0. The third-order valence-corrected chi connectivity index (χ3v) is 1.44. The van der Waals surface area contributed by atoms with Gasteiger partial charge in [0.25, 0.3) is 0 Å². The molecular weight excluding hydrogens is 156 g/mol. The summed E-state index contributed by atoms with van der Waals surface area (Å²) in [7, 11) is 0. The zero-order valence-corrected chi connectivity index (χ0v) is 6.75. The van der Waals surface area contributed by atoms with Gasteiger partial charge in [-0.3, -0.25) is 4.79 Å². The predicted molar refractivity (Wildman–Crippen MR) is 44.2 cm³/mol. The van der Waals surface area contributed by atoms with Gasteiger partial charge in [-0.05, 0) is 6.07 Å². The van der Waals surface area contributed by atoms with Gasteiger partial charge in [0.05, 0.1) is 12.5 Å². The van der Waals surface area contributed by atoms with Gasteiger partial charge < -0.3 is 15.5 Å². The molecule has 12 heavy (non-hydrogen) atoms. The largest absolute Gasteiger partial charge is 0.472 e. The van der Waals surface area contributed by atoms with E-state index in [1.54, 1.807) is 12.5 Å². The van der Waals surface area contributed by atoms with Crippen LogP contribution in [0, 0.1) is 0 Å². The van der Waals surface area contributed by atoms with Crippen LogP contribution >= 0.6 is 0 Å². The van der Waals surface area contributed by atoms with Crippen LogP contribution in [0.15, 0.2) is 23.0 Å². The highest BCUT2D eigenvalue weighted by Crippen LogP contribution is 1.98. The van der Waals surface area contributed by atoms with Crippen molar-refractivity contribution in [2.24, 2.45) is 5.73 Å². The SMILES string of the molecule is NCCC(=O)NCc1ccoc1. The van der Waals surface area contributed by atoms with Crippen LogP contribution < -0.4 is 11.1 Å². The van der Waals surface area contributed by atoms with Crippen LogP contribution in [0.25, 0.3) is 0 Å². The molecule has 0 aliphatic rings. The van der Waals surface area contributed by atoms with E-state index < -0.39 is 0 Å². The zero-order chi connectivity index (χ0) is 8.81. The lowest BCUT2D eigenvalue weighted by molar-refractivity contribution is -0.121. The molecule has 0 fully saturated rings. The van der Waals surface area contributed by atoms with Crippen LogP contribution in [0.1, 0.15) is 12.0 Å². The fourth-order valence-electron chi connectivity index (χ4n) is 0.813. The molecule has 1 rings (SSSR count). The van der Waals surface area contributed by atoms with Gasteiger partial charge in [0.15, 0.2) is 0 Å². The molecule has 0 saturated heterocycles. The van der Waals surface area contributed by atoms with Gasteiger partial charge >= 0.3 is 0 Å². The second-order valence-electron chi connectivity index (χ2n) is 2.45. The summed E-state index contributed by atoms with van der Waals surface area (Å²) < 4.78 is 4.83. The third-order valence-electron chi connectivity index (χ3n) is 1.44. The molecule has 0 atom stereocenters. The highest BCUT2D eigenvalue weighted by Gasteiger charge is 1.99. The van der Waals surface area contributed by atoms with E-state index in [0.29, 0.717) is 19.5 Å². The minimum Gasteiger partial charge on any atom is -0.472 e. The van der Waals surface area contributed by atoms with E-state index >= 15 is 0 Å². The molecule has 0 aromatic carbocycles. The topological polar surface area (TPSA) is 68.3 Å². The van der Waals surface area contributed by atoms with Crippen molar-refractivity contribution in [2.45, 2.75) is 13.0 Å². The summed E-state index contributed by atoms with van der Waals surface area (Å²) in [6.07, 6.45) is 3.55. The van der Waals surface area contributed by atoms with Crippen LogP contribution in [-0.4, -0.2) is 12.5 Å². The Morgan fingerprint density at radius 3 is 3.08 bits per heavy atom. The van der Waals surface area contributed by atoms with E-state index in [1.807, 2.05) is 6.07 Å². The van der Waals surface area contributed by atoms with E-state index in [-0.39, 0.29) is 5.91 Å². The van der Waals surface area contributed by atoms with E-state index in [1.165, 1.54) is 0 Å². The number of hydrogen-bond donors (Lipinski definition) is 2. The number of nitrogens with two attached hydrogens (primary N) is 1. The summed E-state index contributed by atoms with van der Waals surface area (Å²) in [4.78, 5) is 10.9. The van der Waals surface area contributed by atoms with Crippen molar-refractivity contribution in [1.29, 1.82) is 0 Å². The average molecular weight is 168 g/mol. The zero-order valence-electron chi connectivity index (χ0n) is 6.75. The monoisotopic (exact) mass is 168 g/mol. The van der Waals surface area contributed by atoms with Gasteiger partial charge in [-0.1, -0.05) is 0 Å². The molecule has 0 spiro atoms. The maximum atomic E-state index is 10.9. The van der Waals surface area contributed by atoms with E-state index in [4.69, 9.17) is 10.2 Å². The summed E-state index contributed by atoms with van der Waals surface area (Å²) in [6.45, 7) is 0.895. The van der Waals surface area contributed by atoms with Crippen molar-refractivity contribution in [3.05, 3.63) is 24.2 Å². The summed E-state index contributed by atoms with van der Waals surface area (Å²) in [5.74, 6) is -0.0290. The van der Waals surface area contributed by atoms with Crippen molar-refractivity contribution in [2.75, 3.05) is 6.54 Å². The highest BCUT2D eigenvalue weighted by molar-refractivity contribution is 5.75.